The molecule has 0 unspecified atom stereocenters. The van der Waals surface area contributed by atoms with E-state index in [1.165, 1.54) is 0 Å². The first kappa shape index (κ1) is 12.4. The lowest BCUT2D eigenvalue weighted by molar-refractivity contribution is -0.00345. The quantitative estimate of drug-likeness (QED) is 0.592. The van der Waals surface area contributed by atoms with Gasteiger partial charge in [-0.05, 0) is 25.5 Å². The number of aromatic nitrogens is 1. The van der Waals surface area contributed by atoms with Gasteiger partial charge in [-0.15, -0.1) is 0 Å². The van der Waals surface area contributed by atoms with Gasteiger partial charge in [0.1, 0.15) is 11.6 Å². The summed E-state index contributed by atoms with van der Waals surface area (Å²) in [7, 11) is 0. The lowest BCUT2D eigenvalue weighted by Gasteiger charge is -2.09. The van der Waals surface area contributed by atoms with E-state index in [9.17, 15) is 0 Å². The molecule has 1 aromatic heterocycles. The van der Waals surface area contributed by atoms with Crippen molar-refractivity contribution in [3.05, 3.63) is 22.9 Å². The van der Waals surface area contributed by atoms with Crippen LogP contribution in [0.4, 0.5) is 0 Å². The van der Waals surface area contributed by atoms with Crippen molar-refractivity contribution in [1.29, 1.82) is 5.26 Å². The molecule has 5 nitrogen and oxygen atoms in total. The highest BCUT2D eigenvalue weighted by molar-refractivity contribution is 5.45. The zero-order chi connectivity index (χ0) is 12.0. The van der Waals surface area contributed by atoms with Crippen molar-refractivity contribution in [3.63, 3.8) is 0 Å². The molecular weight excluding hydrogens is 208 g/mol. The fourth-order valence-corrected chi connectivity index (χ4v) is 1.26. The molecule has 1 N–H and O–H groups in total. The number of aliphatic hydroxyl groups is 1. The first-order chi connectivity index (χ1) is 7.69. The van der Waals surface area contributed by atoms with E-state index in [1.54, 1.807) is 0 Å². The van der Waals surface area contributed by atoms with Crippen molar-refractivity contribution in [2.75, 3.05) is 20.0 Å². The van der Waals surface area contributed by atoms with Gasteiger partial charge in [0.25, 0.3) is 0 Å². The fraction of sp³-hybridized carbons (Fsp3) is 0.455. The predicted molar refractivity (Wildman–Crippen MR) is 57.0 cm³/mol. The van der Waals surface area contributed by atoms with E-state index in [0.717, 1.165) is 11.3 Å². The number of pyridine rings is 1. The van der Waals surface area contributed by atoms with Gasteiger partial charge in [0.15, 0.2) is 6.79 Å². The molecule has 0 saturated heterocycles. The molecule has 0 aliphatic rings. The van der Waals surface area contributed by atoms with Crippen LogP contribution in [-0.4, -0.2) is 30.1 Å². The first-order valence-corrected chi connectivity index (χ1v) is 4.88. The van der Waals surface area contributed by atoms with Crippen LogP contribution < -0.4 is 4.74 Å². The van der Waals surface area contributed by atoms with Gasteiger partial charge < -0.3 is 14.6 Å². The van der Waals surface area contributed by atoms with Crippen molar-refractivity contribution in [2.24, 2.45) is 0 Å². The molecule has 0 aliphatic carbocycles. The second-order valence-electron chi connectivity index (χ2n) is 3.27. The molecule has 0 bridgehead atoms. The smallest absolute Gasteiger partial charge is 0.234 e. The molecule has 16 heavy (non-hydrogen) atoms. The minimum absolute atomic E-state index is 0.0227. The highest BCUT2D eigenvalue weighted by Crippen LogP contribution is 2.19. The van der Waals surface area contributed by atoms with Crippen LogP contribution in [0.5, 0.6) is 5.88 Å². The third-order valence-corrected chi connectivity index (χ3v) is 1.94. The maximum atomic E-state index is 8.94. The Kier molecular flexibility index (Phi) is 4.70. The van der Waals surface area contributed by atoms with Gasteiger partial charge in [-0.3, -0.25) is 0 Å². The Morgan fingerprint density at radius 2 is 2.25 bits per heavy atom. The number of rotatable bonds is 5. The average Bonchev–Trinajstić information content (AvgIpc) is 2.24. The molecule has 0 aliphatic heterocycles. The second-order valence-corrected chi connectivity index (χ2v) is 3.27. The molecule has 0 aromatic carbocycles. The average molecular weight is 222 g/mol. The Hall–Kier alpha value is -1.64. The summed E-state index contributed by atoms with van der Waals surface area (Å²) in [6.45, 7) is 3.77. The van der Waals surface area contributed by atoms with Crippen LogP contribution in [-0.2, 0) is 4.74 Å². The summed E-state index contributed by atoms with van der Waals surface area (Å²) in [6, 6.07) is 3.86. The van der Waals surface area contributed by atoms with Crippen LogP contribution in [0.25, 0.3) is 0 Å². The number of aryl methyl sites for hydroxylation is 2. The summed E-state index contributed by atoms with van der Waals surface area (Å²) in [4.78, 5) is 4.12. The summed E-state index contributed by atoms with van der Waals surface area (Å²) in [5.41, 5.74) is 2.03. The molecule has 86 valence electrons. The van der Waals surface area contributed by atoms with Crippen molar-refractivity contribution in [1.82, 2.24) is 4.98 Å². The van der Waals surface area contributed by atoms with Crippen LogP contribution in [0.15, 0.2) is 6.07 Å². The van der Waals surface area contributed by atoms with Gasteiger partial charge in [0.2, 0.25) is 5.88 Å². The van der Waals surface area contributed by atoms with Crippen LogP contribution in [0.1, 0.15) is 16.8 Å². The summed E-state index contributed by atoms with van der Waals surface area (Å²) in [5, 5.41) is 17.4. The number of hydrogen-bond acceptors (Lipinski definition) is 5. The largest absolute Gasteiger partial charge is 0.449 e. The molecule has 1 rings (SSSR count). The summed E-state index contributed by atoms with van der Waals surface area (Å²) in [6.07, 6.45) is 0. The van der Waals surface area contributed by atoms with E-state index in [2.05, 4.69) is 4.98 Å². The number of aliphatic hydroxyl groups excluding tert-OH is 1. The van der Waals surface area contributed by atoms with E-state index in [1.807, 2.05) is 26.0 Å². The lowest BCUT2D eigenvalue weighted by atomic mass is 10.1. The molecule has 0 atom stereocenters. The molecule has 0 fully saturated rings. The molecule has 0 radical (unpaired) electrons. The second kappa shape index (κ2) is 6.05. The Bertz CT molecular complexity index is 399. The third-order valence-electron chi connectivity index (χ3n) is 1.94. The van der Waals surface area contributed by atoms with E-state index in [0.29, 0.717) is 5.56 Å². The van der Waals surface area contributed by atoms with Gasteiger partial charge in [-0.1, -0.05) is 0 Å². The molecular formula is C11H14N2O3. The fourth-order valence-electron chi connectivity index (χ4n) is 1.26. The first-order valence-electron chi connectivity index (χ1n) is 4.88. The van der Waals surface area contributed by atoms with E-state index in [-0.39, 0.29) is 25.9 Å². The Morgan fingerprint density at radius 3 is 2.88 bits per heavy atom. The number of ether oxygens (including phenoxy) is 2. The van der Waals surface area contributed by atoms with Crippen molar-refractivity contribution >= 4 is 0 Å². The number of nitriles is 1. The molecule has 5 heteroatoms. The third kappa shape index (κ3) is 3.19. The van der Waals surface area contributed by atoms with Crippen molar-refractivity contribution in [3.8, 4) is 11.9 Å². The minimum Gasteiger partial charge on any atom is -0.449 e. The van der Waals surface area contributed by atoms with Crippen molar-refractivity contribution < 1.29 is 14.6 Å². The minimum atomic E-state index is -0.0608. The lowest BCUT2D eigenvalue weighted by Crippen LogP contribution is -2.09. The Morgan fingerprint density at radius 1 is 1.50 bits per heavy atom. The van der Waals surface area contributed by atoms with Gasteiger partial charge >= 0.3 is 0 Å². The zero-order valence-corrected chi connectivity index (χ0v) is 9.36. The SMILES string of the molecule is Cc1cc(C)c(C#N)c(OCOCCO)n1. The molecule has 0 saturated carbocycles. The highest BCUT2D eigenvalue weighted by atomic mass is 16.7. The van der Waals surface area contributed by atoms with Gasteiger partial charge in [0.05, 0.1) is 13.2 Å². The molecule has 1 heterocycles. The summed E-state index contributed by atoms with van der Waals surface area (Å²) in [5.74, 6) is 0.276. The number of hydrogen-bond donors (Lipinski definition) is 1. The van der Waals surface area contributed by atoms with Crippen molar-refractivity contribution in [2.45, 2.75) is 13.8 Å². The number of nitrogens with zero attached hydrogens (tertiary/aromatic N) is 2. The zero-order valence-electron chi connectivity index (χ0n) is 9.36. The van der Waals surface area contributed by atoms with E-state index < -0.39 is 0 Å². The van der Waals surface area contributed by atoms with Crippen LogP contribution in [0.2, 0.25) is 0 Å². The van der Waals surface area contributed by atoms with E-state index >= 15 is 0 Å². The molecule has 0 amide bonds. The highest BCUT2D eigenvalue weighted by Gasteiger charge is 2.09. The summed E-state index contributed by atoms with van der Waals surface area (Å²) < 4.78 is 10.2. The summed E-state index contributed by atoms with van der Waals surface area (Å²) >= 11 is 0. The normalized spacial score (nSPS) is 9.88. The topological polar surface area (TPSA) is 75.4 Å². The maximum absolute atomic E-state index is 8.94. The van der Waals surface area contributed by atoms with E-state index in [4.69, 9.17) is 19.8 Å². The van der Waals surface area contributed by atoms with Crippen LogP contribution >= 0.6 is 0 Å². The molecule has 0 spiro atoms. The van der Waals surface area contributed by atoms with Crippen LogP contribution in [0, 0.1) is 25.2 Å². The van der Waals surface area contributed by atoms with Gasteiger partial charge in [0, 0.05) is 5.69 Å². The predicted octanol–water partition coefficient (Wildman–Crippen LogP) is 0.915. The van der Waals surface area contributed by atoms with Gasteiger partial charge in [-0.2, -0.15) is 5.26 Å². The maximum Gasteiger partial charge on any atom is 0.234 e. The monoisotopic (exact) mass is 222 g/mol. The van der Waals surface area contributed by atoms with Crippen LogP contribution in [0.3, 0.4) is 0 Å². The van der Waals surface area contributed by atoms with Gasteiger partial charge in [-0.25, -0.2) is 4.98 Å². The Balaban J connectivity index is 2.75. The standard InChI is InChI=1S/C11H14N2O3/c1-8-5-9(2)13-11(10(8)6-12)16-7-15-4-3-14/h5,14H,3-4,7H2,1-2H3. The molecule has 1 aromatic rings. The Labute approximate surface area is 94.3 Å².